The van der Waals surface area contributed by atoms with Gasteiger partial charge in [0.1, 0.15) is 0 Å². The van der Waals surface area contributed by atoms with Crippen molar-refractivity contribution in [3.8, 4) is 0 Å². The average Bonchev–Trinajstić information content (AvgIpc) is 2.44. The van der Waals surface area contributed by atoms with Crippen molar-refractivity contribution in [2.24, 2.45) is 5.73 Å². The van der Waals surface area contributed by atoms with Crippen LogP contribution in [0.5, 0.6) is 0 Å². The fraction of sp³-hybridized carbons (Fsp3) is 0.571. The quantitative estimate of drug-likeness (QED) is 0.855. The summed E-state index contributed by atoms with van der Waals surface area (Å²) in [5.41, 5.74) is 7.26. The van der Waals surface area contributed by atoms with Crippen LogP contribution in [0.4, 0.5) is 0 Å². The van der Waals surface area contributed by atoms with Crippen molar-refractivity contribution < 1.29 is 4.74 Å². The summed E-state index contributed by atoms with van der Waals surface area (Å²) in [6.07, 6.45) is 2.66. The van der Waals surface area contributed by atoms with E-state index >= 15 is 0 Å². The monoisotopic (exact) mass is 390 g/mol. The molecule has 1 aromatic rings. The molecule has 0 radical (unpaired) electrons. The normalized spacial score (nSPS) is 22.4. The van der Waals surface area contributed by atoms with Gasteiger partial charge in [-0.2, -0.15) is 0 Å². The van der Waals surface area contributed by atoms with Gasteiger partial charge in [-0.05, 0) is 68.9 Å². The lowest BCUT2D eigenvalue weighted by Gasteiger charge is -2.37. The van der Waals surface area contributed by atoms with Gasteiger partial charge in [-0.1, -0.05) is 6.07 Å². The molecule has 0 aliphatic carbocycles. The van der Waals surface area contributed by atoms with E-state index in [1.165, 1.54) is 12.0 Å². The molecule has 106 valence electrons. The van der Waals surface area contributed by atoms with Crippen molar-refractivity contribution >= 4 is 31.9 Å². The van der Waals surface area contributed by atoms with Crippen molar-refractivity contribution in [2.45, 2.75) is 25.0 Å². The van der Waals surface area contributed by atoms with Gasteiger partial charge in [0, 0.05) is 35.2 Å². The van der Waals surface area contributed by atoms with Crippen LogP contribution in [0.2, 0.25) is 0 Å². The molecule has 2 unspecified atom stereocenters. The Morgan fingerprint density at radius 1 is 1.42 bits per heavy atom. The largest absolute Gasteiger partial charge is 0.380 e. The molecule has 2 rings (SSSR count). The van der Waals surface area contributed by atoms with Crippen LogP contribution in [-0.4, -0.2) is 37.7 Å². The maximum Gasteiger partial charge on any atom is 0.0698 e. The van der Waals surface area contributed by atoms with E-state index in [1.54, 1.807) is 7.11 Å². The van der Waals surface area contributed by atoms with Gasteiger partial charge in [0.15, 0.2) is 0 Å². The summed E-state index contributed by atoms with van der Waals surface area (Å²) in [7, 11) is 1.79. The molecule has 1 heterocycles. The fourth-order valence-electron chi connectivity index (χ4n) is 2.66. The lowest BCUT2D eigenvalue weighted by atomic mass is 10.0. The van der Waals surface area contributed by atoms with Gasteiger partial charge in [0.25, 0.3) is 0 Å². The second kappa shape index (κ2) is 7.18. The molecule has 1 fully saturated rings. The molecule has 3 nitrogen and oxygen atoms in total. The maximum absolute atomic E-state index is 6.00. The summed E-state index contributed by atoms with van der Waals surface area (Å²) in [5, 5.41) is 0. The predicted molar refractivity (Wildman–Crippen MR) is 85.2 cm³/mol. The van der Waals surface area contributed by atoms with Gasteiger partial charge in [-0.15, -0.1) is 0 Å². The number of hydrogen-bond acceptors (Lipinski definition) is 3. The molecule has 0 bridgehead atoms. The summed E-state index contributed by atoms with van der Waals surface area (Å²) in [6, 6.07) is 6.63. The SMILES string of the molecule is COC1CCCN(C(CN)c2ccc(Br)c(Br)c2)C1. The number of rotatable bonds is 4. The number of hydrogen-bond donors (Lipinski definition) is 1. The number of ether oxygens (including phenoxy) is 1. The minimum atomic E-state index is 0.266. The van der Waals surface area contributed by atoms with Crippen LogP contribution in [0.15, 0.2) is 27.1 Å². The van der Waals surface area contributed by atoms with E-state index in [9.17, 15) is 0 Å². The molecule has 0 spiro atoms. The lowest BCUT2D eigenvalue weighted by molar-refractivity contribution is 0.0155. The third-order valence-electron chi connectivity index (χ3n) is 3.74. The van der Waals surface area contributed by atoms with Crippen LogP contribution in [0, 0.1) is 0 Å². The van der Waals surface area contributed by atoms with Crippen LogP contribution >= 0.6 is 31.9 Å². The summed E-state index contributed by atoms with van der Waals surface area (Å²) in [6.45, 7) is 2.69. The highest BCUT2D eigenvalue weighted by molar-refractivity contribution is 9.13. The number of methoxy groups -OCH3 is 1. The maximum atomic E-state index is 6.00. The third-order valence-corrected chi connectivity index (χ3v) is 5.62. The third kappa shape index (κ3) is 3.79. The second-order valence-electron chi connectivity index (χ2n) is 4.92. The Morgan fingerprint density at radius 2 is 2.21 bits per heavy atom. The molecule has 0 saturated carbocycles. The van der Waals surface area contributed by atoms with Crippen LogP contribution in [-0.2, 0) is 4.74 Å². The Labute approximate surface area is 131 Å². The first-order valence-electron chi connectivity index (χ1n) is 6.57. The minimum absolute atomic E-state index is 0.266. The van der Waals surface area contributed by atoms with Crippen molar-refractivity contribution in [3.05, 3.63) is 32.7 Å². The molecule has 2 N–H and O–H groups in total. The highest BCUT2D eigenvalue weighted by atomic mass is 79.9. The van der Waals surface area contributed by atoms with E-state index in [1.807, 2.05) is 0 Å². The topological polar surface area (TPSA) is 38.5 Å². The van der Waals surface area contributed by atoms with E-state index < -0.39 is 0 Å². The molecule has 19 heavy (non-hydrogen) atoms. The lowest BCUT2D eigenvalue weighted by Crippen LogP contribution is -2.43. The first-order chi connectivity index (χ1) is 9.15. The van der Waals surface area contributed by atoms with Gasteiger partial charge in [-0.3, -0.25) is 4.90 Å². The van der Waals surface area contributed by atoms with E-state index in [0.29, 0.717) is 12.6 Å². The second-order valence-corrected chi connectivity index (χ2v) is 6.63. The van der Waals surface area contributed by atoms with Gasteiger partial charge in [0.05, 0.1) is 6.10 Å². The van der Waals surface area contributed by atoms with Gasteiger partial charge < -0.3 is 10.5 Å². The van der Waals surface area contributed by atoms with Crippen LogP contribution in [0.25, 0.3) is 0 Å². The zero-order valence-electron chi connectivity index (χ0n) is 11.1. The standard InChI is InChI=1S/C14H20Br2N2O/c1-19-11-3-2-6-18(9-11)14(8-17)10-4-5-12(15)13(16)7-10/h4-5,7,11,14H,2-3,6,8-9,17H2,1H3. The van der Waals surface area contributed by atoms with Crippen molar-refractivity contribution in [1.29, 1.82) is 0 Å². The van der Waals surface area contributed by atoms with E-state index in [4.69, 9.17) is 10.5 Å². The van der Waals surface area contributed by atoms with Gasteiger partial charge in [0.2, 0.25) is 0 Å². The molecule has 1 aliphatic heterocycles. The van der Waals surface area contributed by atoms with Crippen LogP contribution < -0.4 is 5.73 Å². The zero-order chi connectivity index (χ0) is 13.8. The fourth-order valence-corrected chi connectivity index (χ4v) is 3.30. The Kier molecular flexibility index (Phi) is 5.84. The Morgan fingerprint density at radius 3 is 2.84 bits per heavy atom. The highest BCUT2D eigenvalue weighted by Gasteiger charge is 2.26. The highest BCUT2D eigenvalue weighted by Crippen LogP contribution is 2.30. The van der Waals surface area contributed by atoms with Crippen molar-refractivity contribution in [1.82, 2.24) is 4.90 Å². The number of halogens is 2. The summed E-state index contributed by atoms with van der Waals surface area (Å²) < 4.78 is 7.64. The first-order valence-corrected chi connectivity index (χ1v) is 8.16. The number of nitrogens with zero attached hydrogens (tertiary/aromatic N) is 1. The molecule has 1 saturated heterocycles. The summed E-state index contributed by atoms with van der Waals surface area (Å²) in [5.74, 6) is 0. The zero-order valence-corrected chi connectivity index (χ0v) is 14.3. The molecule has 1 aromatic carbocycles. The molecule has 5 heteroatoms. The van der Waals surface area contributed by atoms with Crippen LogP contribution in [0.1, 0.15) is 24.4 Å². The van der Waals surface area contributed by atoms with Crippen LogP contribution in [0.3, 0.4) is 0 Å². The Hall–Kier alpha value is 0.0600. The molecular weight excluding hydrogens is 372 g/mol. The van der Waals surface area contributed by atoms with E-state index in [-0.39, 0.29) is 6.04 Å². The minimum Gasteiger partial charge on any atom is -0.380 e. The van der Waals surface area contributed by atoms with Crippen molar-refractivity contribution in [2.75, 3.05) is 26.7 Å². The first kappa shape index (κ1) is 15.4. The molecular formula is C14H20Br2N2O. The summed E-state index contributed by atoms with van der Waals surface area (Å²) in [4.78, 5) is 2.44. The van der Waals surface area contributed by atoms with E-state index in [2.05, 4.69) is 55.0 Å². The Balaban J connectivity index is 2.16. The predicted octanol–water partition coefficient (Wildman–Crippen LogP) is 3.32. The number of nitrogens with two attached hydrogens (primary N) is 1. The van der Waals surface area contributed by atoms with Gasteiger partial charge >= 0.3 is 0 Å². The molecule has 2 atom stereocenters. The number of benzene rings is 1. The molecule has 0 amide bonds. The number of likely N-dealkylation sites (tertiary alicyclic amines) is 1. The number of piperidine rings is 1. The summed E-state index contributed by atoms with van der Waals surface area (Å²) >= 11 is 7.07. The average molecular weight is 392 g/mol. The van der Waals surface area contributed by atoms with Gasteiger partial charge in [-0.25, -0.2) is 0 Å². The van der Waals surface area contributed by atoms with E-state index in [0.717, 1.165) is 28.5 Å². The molecule has 0 aromatic heterocycles. The molecule has 1 aliphatic rings. The van der Waals surface area contributed by atoms with Crippen molar-refractivity contribution in [3.63, 3.8) is 0 Å². The Bertz CT molecular complexity index is 428. The smallest absolute Gasteiger partial charge is 0.0698 e.